The number of carbonyl (C=O) groups excluding carboxylic acids is 1. The third-order valence-electron chi connectivity index (χ3n) is 5.41. The number of piperidine rings is 1. The molecule has 3 rings (SSSR count). The number of nitrogens with one attached hydrogen (secondary N) is 1. The molecule has 1 saturated heterocycles. The molecule has 1 fully saturated rings. The predicted octanol–water partition coefficient (Wildman–Crippen LogP) is 4.17. The fourth-order valence-corrected chi connectivity index (χ4v) is 3.81. The van der Waals surface area contributed by atoms with E-state index in [9.17, 15) is 4.79 Å². The Morgan fingerprint density at radius 2 is 1.86 bits per heavy atom. The van der Waals surface area contributed by atoms with Gasteiger partial charge in [0.15, 0.2) is 6.61 Å². The van der Waals surface area contributed by atoms with Gasteiger partial charge in [-0.3, -0.25) is 9.69 Å². The van der Waals surface area contributed by atoms with E-state index < -0.39 is 0 Å². The Morgan fingerprint density at radius 3 is 2.46 bits per heavy atom. The maximum atomic E-state index is 12.4. The van der Waals surface area contributed by atoms with Gasteiger partial charge in [-0.25, -0.2) is 0 Å². The molecule has 1 aromatic heterocycles. The third-order valence-corrected chi connectivity index (χ3v) is 5.41. The Morgan fingerprint density at radius 1 is 1.18 bits per heavy atom. The normalized spacial score (nSPS) is 16.7. The van der Waals surface area contributed by atoms with Crippen molar-refractivity contribution in [2.45, 2.75) is 46.6 Å². The van der Waals surface area contributed by atoms with Gasteiger partial charge < -0.3 is 14.5 Å². The highest BCUT2D eigenvalue weighted by Crippen LogP contribution is 2.27. The Bertz CT molecular complexity index is 771. The highest BCUT2D eigenvalue weighted by molar-refractivity contribution is 5.77. The van der Waals surface area contributed by atoms with Crippen LogP contribution in [0.3, 0.4) is 0 Å². The van der Waals surface area contributed by atoms with Gasteiger partial charge in [0, 0.05) is 6.54 Å². The van der Waals surface area contributed by atoms with Crippen LogP contribution in [0.4, 0.5) is 0 Å². The lowest BCUT2D eigenvalue weighted by Gasteiger charge is -2.35. The molecule has 5 nitrogen and oxygen atoms in total. The smallest absolute Gasteiger partial charge is 0.258 e. The molecule has 1 aliphatic heterocycles. The first-order valence-electron chi connectivity index (χ1n) is 10.2. The van der Waals surface area contributed by atoms with E-state index in [4.69, 9.17) is 9.15 Å². The average molecular weight is 385 g/mol. The van der Waals surface area contributed by atoms with Crippen LogP contribution in [0.15, 0.2) is 34.7 Å². The van der Waals surface area contributed by atoms with Crippen LogP contribution >= 0.6 is 0 Å². The van der Waals surface area contributed by atoms with Gasteiger partial charge in [-0.05, 0) is 88.0 Å². The van der Waals surface area contributed by atoms with Crippen LogP contribution in [-0.4, -0.2) is 37.0 Å². The summed E-state index contributed by atoms with van der Waals surface area (Å²) in [7, 11) is 0. The Balaban J connectivity index is 1.57. The Hall–Kier alpha value is -2.27. The van der Waals surface area contributed by atoms with E-state index in [0.29, 0.717) is 6.54 Å². The molecule has 28 heavy (non-hydrogen) atoms. The maximum Gasteiger partial charge on any atom is 0.258 e. The molecule has 1 aromatic carbocycles. The summed E-state index contributed by atoms with van der Waals surface area (Å²) in [6, 6.07) is 10.1. The number of amides is 1. The number of rotatable bonds is 7. The topological polar surface area (TPSA) is 54.7 Å². The van der Waals surface area contributed by atoms with Crippen molar-refractivity contribution in [1.29, 1.82) is 0 Å². The number of likely N-dealkylation sites (tertiary alicyclic amines) is 1. The summed E-state index contributed by atoms with van der Waals surface area (Å²) < 4.78 is 11.6. The van der Waals surface area contributed by atoms with Gasteiger partial charge in [0.25, 0.3) is 5.91 Å². The van der Waals surface area contributed by atoms with E-state index >= 15 is 0 Å². The summed E-state index contributed by atoms with van der Waals surface area (Å²) in [6.45, 7) is 10.9. The lowest BCUT2D eigenvalue weighted by atomic mass is 9.97. The Kier molecular flexibility index (Phi) is 6.79. The number of benzene rings is 1. The van der Waals surface area contributed by atoms with Gasteiger partial charge in [-0.2, -0.15) is 0 Å². The van der Waals surface area contributed by atoms with Crippen molar-refractivity contribution in [3.8, 4) is 5.75 Å². The summed E-state index contributed by atoms with van der Waals surface area (Å²) in [5.41, 5.74) is 2.26. The minimum atomic E-state index is -0.113. The van der Waals surface area contributed by atoms with E-state index in [1.165, 1.54) is 12.8 Å². The van der Waals surface area contributed by atoms with Gasteiger partial charge in [0.1, 0.15) is 17.3 Å². The monoisotopic (exact) mass is 384 g/mol. The number of carbonyl (C=O) groups is 1. The molecule has 1 atom stereocenters. The quantitative estimate of drug-likeness (QED) is 0.778. The van der Waals surface area contributed by atoms with Crippen LogP contribution in [0, 0.1) is 26.7 Å². The number of nitrogens with zero attached hydrogens (tertiary/aromatic N) is 1. The molecule has 1 unspecified atom stereocenters. The zero-order valence-electron chi connectivity index (χ0n) is 17.5. The summed E-state index contributed by atoms with van der Waals surface area (Å²) in [5, 5.41) is 3.03. The van der Waals surface area contributed by atoms with Crippen LogP contribution < -0.4 is 10.1 Å². The molecule has 0 saturated carbocycles. The fraction of sp³-hybridized carbons (Fsp3) is 0.522. The number of ether oxygens (including phenoxy) is 1. The van der Waals surface area contributed by atoms with E-state index in [2.05, 4.69) is 23.2 Å². The number of hydrogen-bond acceptors (Lipinski definition) is 4. The van der Waals surface area contributed by atoms with Crippen LogP contribution in [-0.2, 0) is 4.79 Å². The fourth-order valence-electron chi connectivity index (χ4n) is 3.81. The summed E-state index contributed by atoms with van der Waals surface area (Å²) >= 11 is 0. The van der Waals surface area contributed by atoms with Crippen LogP contribution in [0.5, 0.6) is 5.75 Å². The molecular formula is C23H32N2O3. The number of hydrogen-bond donors (Lipinski definition) is 1. The molecular weight excluding hydrogens is 352 g/mol. The molecule has 1 amide bonds. The van der Waals surface area contributed by atoms with Crippen molar-refractivity contribution in [2.75, 3.05) is 26.2 Å². The molecule has 0 spiro atoms. The molecule has 152 valence electrons. The summed E-state index contributed by atoms with van der Waals surface area (Å²) in [5.74, 6) is 3.20. The highest BCUT2D eigenvalue weighted by atomic mass is 16.5. The summed E-state index contributed by atoms with van der Waals surface area (Å²) in [6.07, 6.45) is 2.36. The standard InChI is InChI=1S/C23H32N2O3/c1-16-7-9-25(10-8-16)21(22-6-5-19(4)28-22)14-24-23(26)15-27-20-12-17(2)11-18(3)13-20/h5-6,11-13,16,21H,7-10,14-15H2,1-4H3,(H,24,26). The van der Waals surface area contributed by atoms with Crippen molar-refractivity contribution in [3.63, 3.8) is 0 Å². The molecule has 1 aliphatic rings. The van der Waals surface area contributed by atoms with Crippen molar-refractivity contribution in [2.24, 2.45) is 5.92 Å². The van der Waals surface area contributed by atoms with Gasteiger partial charge in [-0.15, -0.1) is 0 Å². The van der Waals surface area contributed by atoms with Gasteiger partial charge in [0.05, 0.1) is 6.04 Å². The summed E-state index contributed by atoms with van der Waals surface area (Å²) in [4.78, 5) is 14.8. The lowest BCUT2D eigenvalue weighted by molar-refractivity contribution is -0.123. The molecule has 2 aromatic rings. The highest BCUT2D eigenvalue weighted by Gasteiger charge is 2.27. The first-order chi connectivity index (χ1) is 13.4. The van der Waals surface area contributed by atoms with Crippen molar-refractivity contribution in [3.05, 3.63) is 53.0 Å². The lowest BCUT2D eigenvalue weighted by Crippen LogP contribution is -2.42. The minimum Gasteiger partial charge on any atom is -0.484 e. The SMILES string of the molecule is Cc1cc(C)cc(OCC(=O)NCC(c2ccc(C)o2)N2CCC(C)CC2)c1. The van der Waals surface area contributed by atoms with Gasteiger partial charge >= 0.3 is 0 Å². The minimum absolute atomic E-state index is 0.0177. The van der Waals surface area contributed by atoms with Crippen molar-refractivity contribution < 1.29 is 13.9 Å². The third kappa shape index (κ3) is 5.61. The first kappa shape index (κ1) is 20.5. The van der Waals surface area contributed by atoms with Crippen LogP contribution in [0.2, 0.25) is 0 Å². The van der Waals surface area contributed by atoms with Gasteiger partial charge in [-0.1, -0.05) is 13.0 Å². The van der Waals surface area contributed by atoms with Gasteiger partial charge in [0.2, 0.25) is 0 Å². The van der Waals surface area contributed by atoms with E-state index in [1.54, 1.807) is 0 Å². The van der Waals surface area contributed by atoms with E-state index in [0.717, 1.165) is 47.4 Å². The van der Waals surface area contributed by atoms with E-state index in [1.807, 2.05) is 45.0 Å². The Labute approximate surface area is 168 Å². The second kappa shape index (κ2) is 9.28. The number of aryl methyl sites for hydroxylation is 3. The zero-order valence-corrected chi connectivity index (χ0v) is 17.5. The number of furan rings is 1. The molecule has 5 heteroatoms. The molecule has 0 bridgehead atoms. The molecule has 1 N–H and O–H groups in total. The first-order valence-corrected chi connectivity index (χ1v) is 10.2. The van der Waals surface area contributed by atoms with E-state index in [-0.39, 0.29) is 18.6 Å². The molecule has 0 aliphatic carbocycles. The maximum absolute atomic E-state index is 12.4. The van der Waals surface area contributed by atoms with Crippen LogP contribution in [0.25, 0.3) is 0 Å². The van der Waals surface area contributed by atoms with Crippen LogP contribution in [0.1, 0.15) is 48.5 Å². The largest absolute Gasteiger partial charge is 0.484 e. The average Bonchev–Trinajstić information content (AvgIpc) is 3.07. The molecule has 0 radical (unpaired) electrons. The van der Waals surface area contributed by atoms with Crippen molar-refractivity contribution in [1.82, 2.24) is 10.2 Å². The predicted molar refractivity (Wildman–Crippen MR) is 111 cm³/mol. The second-order valence-electron chi connectivity index (χ2n) is 8.10. The molecule has 2 heterocycles. The van der Waals surface area contributed by atoms with Crippen molar-refractivity contribution >= 4 is 5.91 Å². The second-order valence-corrected chi connectivity index (χ2v) is 8.10. The zero-order chi connectivity index (χ0) is 20.1.